The van der Waals surface area contributed by atoms with E-state index >= 15 is 0 Å². The molecule has 1 fully saturated rings. The lowest BCUT2D eigenvalue weighted by Crippen LogP contribution is -2.53. The molecule has 3 aromatic rings. The number of carbonyl (C=O) groups is 2. The lowest BCUT2D eigenvalue weighted by molar-refractivity contribution is -0.133. The Bertz CT molecular complexity index is 1390. The van der Waals surface area contributed by atoms with Gasteiger partial charge in [0, 0.05) is 49.2 Å². The number of hydrogen-bond donors (Lipinski definition) is 2. The summed E-state index contributed by atoms with van der Waals surface area (Å²) in [5, 5.41) is 11.3. The number of aromatic nitrogens is 1. The number of aromatic amines is 1. The number of hydrogen-bond acceptors (Lipinski definition) is 5. The van der Waals surface area contributed by atoms with Crippen LogP contribution in [0.1, 0.15) is 36.2 Å². The Morgan fingerprint density at radius 2 is 1.92 bits per heavy atom. The number of rotatable bonds is 6. The Balaban J connectivity index is 1.42. The van der Waals surface area contributed by atoms with E-state index < -0.39 is 11.6 Å². The molecule has 0 aliphatic carbocycles. The number of aromatic hydroxyl groups is 1. The van der Waals surface area contributed by atoms with Crippen molar-refractivity contribution in [3.05, 3.63) is 71.4 Å². The number of ether oxygens (including phenoxy) is 1. The molecule has 0 spiro atoms. The van der Waals surface area contributed by atoms with Gasteiger partial charge in [-0.3, -0.25) is 19.5 Å². The predicted octanol–water partition coefficient (Wildman–Crippen LogP) is 3.81. The molecule has 4 heterocycles. The standard InChI is InChI=1S/C28H30N4O4/c1-28-17-22-21-16-20(36-2)9-10-23(21)29-24(22)25(18-7-5-8-19(33)15-18)32(28)27(35)31(26(28)34)14-6-13-30-11-3-4-12-30/h3-5,7-10,15-16,25,29,33H,6,11-14,17H2,1-2H3. The van der Waals surface area contributed by atoms with Gasteiger partial charge >= 0.3 is 6.03 Å². The van der Waals surface area contributed by atoms with Crippen LogP contribution in [0.3, 0.4) is 0 Å². The van der Waals surface area contributed by atoms with Crippen molar-refractivity contribution in [2.75, 3.05) is 33.3 Å². The molecule has 186 valence electrons. The molecule has 2 N–H and O–H groups in total. The number of phenolic OH excluding ortho intramolecular Hbond substituents is 1. The monoisotopic (exact) mass is 486 g/mol. The van der Waals surface area contributed by atoms with E-state index in [0.717, 1.165) is 59.5 Å². The zero-order chi connectivity index (χ0) is 25.0. The molecule has 6 rings (SSSR count). The van der Waals surface area contributed by atoms with Gasteiger partial charge < -0.3 is 14.8 Å². The number of H-pyrrole nitrogens is 1. The van der Waals surface area contributed by atoms with Crippen LogP contribution in [0.25, 0.3) is 10.9 Å². The highest BCUT2D eigenvalue weighted by molar-refractivity contribution is 6.08. The molecule has 2 atom stereocenters. The Kier molecular flexibility index (Phi) is 5.30. The van der Waals surface area contributed by atoms with Crippen molar-refractivity contribution in [2.24, 2.45) is 0 Å². The van der Waals surface area contributed by atoms with Crippen LogP contribution in [0.5, 0.6) is 11.5 Å². The normalized spacial score (nSPS) is 23.6. The third-order valence-corrected chi connectivity index (χ3v) is 7.81. The second-order valence-electron chi connectivity index (χ2n) is 10.1. The molecule has 8 nitrogen and oxygen atoms in total. The summed E-state index contributed by atoms with van der Waals surface area (Å²) >= 11 is 0. The average Bonchev–Trinajstić information content (AvgIpc) is 3.56. The van der Waals surface area contributed by atoms with Gasteiger partial charge in [-0.05, 0) is 54.8 Å². The highest BCUT2D eigenvalue weighted by atomic mass is 16.5. The number of amides is 3. The van der Waals surface area contributed by atoms with Crippen LogP contribution in [0.15, 0.2) is 54.6 Å². The van der Waals surface area contributed by atoms with Crippen molar-refractivity contribution >= 4 is 22.8 Å². The van der Waals surface area contributed by atoms with Crippen molar-refractivity contribution in [1.82, 2.24) is 19.7 Å². The highest BCUT2D eigenvalue weighted by Gasteiger charge is 2.60. The van der Waals surface area contributed by atoms with Gasteiger partial charge in [-0.25, -0.2) is 4.79 Å². The smallest absolute Gasteiger partial charge is 0.328 e. The van der Waals surface area contributed by atoms with Crippen LogP contribution in [0.2, 0.25) is 0 Å². The van der Waals surface area contributed by atoms with Crippen molar-refractivity contribution in [2.45, 2.75) is 31.3 Å². The Morgan fingerprint density at radius 1 is 1.11 bits per heavy atom. The topological polar surface area (TPSA) is 89.1 Å². The molecule has 8 heteroatoms. The molecular weight excluding hydrogens is 456 g/mol. The van der Waals surface area contributed by atoms with Crippen LogP contribution >= 0.6 is 0 Å². The van der Waals surface area contributed by atoms with E-state index in [0.29, 0.717) is 13.0 Å². The van der Waals surface area contributed by atoms with E-state index in [2.05, 4.69) is 22.0 Å². The van der Waals surface area contributed by atoms with Gasteiger partial charge in [-0.1, -0.05) is 24.3 Å². The van der Waals surface area contributed by atoms with Crippen molar-refractivity contribution < 1.29 is 19.4 Å². The Morgan fingerprint density at radius 3 is 2.67 bits per heavy atom. The molecule has 3 aliphatic rings. The largest absolute Gasteiger partial charge is 0.508 e. The molecule has 2 unspecified atom stereocenters. The van der Waals surface area contributed by atoms with Crippen molar-refractivity contribution in [3.8, 4) is 11.5 Å². The highest BCUT2D eigenvalue weighted by Crippen LogP contribution is 2.49. The van der Waals surface area contributed by atoms with Gasteiger partial charge in [0.1, 0.15) is 23.1 Å². The number of nitrogens with zero attached hydrogens (tertiary/aromatic N) is 3. The summed E-state index contributed by atoms with van der Waals surface area (Å²) < 4.78 is 5.47. The van der Waals surface area contributed by atoms with Gasteiger partial charge in [0.25, 0.3) is 5.91 Å². The SMILES string of the molecule is COc1ccc2[nH]c3c(c2c1)CC1(C)C(=O)N(CCCN2CC=CC2)C(=O)N1C3c1cccc(O)c1. The molecular formula is C28H30N4O4. The minimum absolute atomic E-state index is 0.119. The van der Waals surface area contributed by atoms with E-state index in [1.165, 1.54) is 4.90 Å². The lowest BCUT2D eigenvalue weighted by Gasteiger charge is -2.42. The van der Waals surface area contributed by atoms with Gasteiger partial charge in [-0.15, -0.1) is 0 Å². The summed E-state index contributed by atoms with van der Waals surface area (Å²) in [6.07, 6.45) is 5.41. The van der Waals surface area contributed by atoms with E-state index in [1.807, 2.05) is 31.2 Å². The van der Waals surface area contributed by atoms with Gasteiger partial charge in [0.05, 0.1) is 7.11 Å². The lowest BCUT2D eigenvalue weighted by atomic mass is 9.81. The van der Waals surface area contributed by atoms with Gasteiger partial charge in [0.15, 0.2) is 0 Å². The molecule has 3 amide bonds. The van der Waals surface area contributed by atoms with Crippen LogP contribution in [0.4, 0.5) is 4.79 Å². The molecule has 0 radical (unpaired) electrons. The van der Waals surface area contributed by atoms with Gasteiger partial charge in [-0.2, -0.15) is 0 Å². The van der Waals surface area contributed by atoms with Gasteiger partial charge in [0.2, 0.25) is 0 Å². The number of benzene rings is 2. The summed E-state index contributed by atoms with van der Waals surface area (Å²) in [4.78, 5) is 36.7. The van der Waals surface area contributed by atoms with E-state index in [9.17, 15) is 14.7 Å². The Hall–Kier alpha value is -3.78. The summed E-state index contributed by atoms with van der Waals surface area (Å²) in [5.41, 5.74) is 2.52. The zero-order valence-electron chi connectivity index (χ0n) is 20.5. The fourth-order valence-electron chi connectivity index (χ4n) is 6.01. The molecule has 36 heavy (non-hydrogen) atoms. The second-order valence-corrected chi connectivity index (χ2v) is 10.1. The first-order valence-electron chi connectivity index (χ1n) is 12.4. The summed E-state index contributed by atoms with van der Waals surface area (Å²) in [5.74, 6) is 0.686. The first kappa shape index (κ1) is 22.7. The Labute approximate surface area is 209 Å². The number of imide groups is 1. The number of methoxy groups -OCH3 is 1. The predicted molar refractivity (Wildman–Crippen MR) is 136 cm³/mol. The quantitative estimate of drug-likeness (QED) is 0.409. The van der Waals surface area contributed by atoms with Crippen molar-refractivity contribution in [1.29, 1.82) is 0 Å². The molecule has 1 saturated heterocycles. The maximum atomic E-state index is 13.9. The fourth-order valence-corrected chi connectivity index (χ4v) is 6.01. The summed E-state index contributed by atoms with van der Waals surface area (Å²) in [6, 6.07) is 12.0. The number of phenols is 1. The maximum Gasteiger partial charge on any atom is 0.328 e. The minimum atomic E-state index is -1.03. The average molecular weight is 487 g/mol. The second kappa shape index (κ2) is 8.41. The third-order valence-electron chi connectivity index (χ3n) is 7.81. The number of nitrogens with one attached hydrogen (secondary N) is 1. The molecule has 0 saturated carbocycles. The third kappa shape index (κ3) is 3.39. The molecule has 2 aromatic carbocycles. The number of carbonyl (C=O) groups excluding carboxylic acids is 2. The van der Waals surface area contributed by atoms with Crippen LogP contribution < -0.4 is 4.74 Å². The zero-order valence-corrected chi connectivity index (χ0v) is 20.5. The first-order chi connectivity index (χ1) is 17.4. The first-order valence-corrected chi connectivity index (χ1v) is 12.4. The molecule has 0 bridgehead atoms. The van der Waals surface area contributed by atoms with Crippen LogP contribution in [-0.4, -0.2) is 75.6 Å². The van der Waals surface area contributed by atoms with Crippen LogP contribution in [-0.2, 0) is 11.2 Å². The van der Waals surface area contributed by atoms with E-state index in [-0.39, 0.29) is 17.7 Å². The van der Waals surface area contributed by atoms with Crippen molar-refractivity contribution in [3.63, 3.8) is 0 Å². The summed E-state index contributed by atoms with van der Waals surface area (Å²) in [7, 11) is 1.63. The maximum absolute atomic E-state index is 13.9. The van der Waals surface area contributed by atoms with Crippen LogP contribution in [0, 0.1) is 0 Å². The number of fused-ring (bicyclic) bond motifs is 4. The molecule has 1 aromatic heterocycles. The minimum Gasteiger partial charge on any atom is -0.508 e. The van der Waals surface area contributed by atoms with E-state index in [4.69, 9.17) is 4.74 Å². The fraction of sp³-hybridized carbons (Fsp3) is 0.357. The van der Waals surface area contributed by atoms with E-state index in [1.54, 1.807) is 30.2 Å². The summed E-state index contributed by atoms with van der Waals surface area (Å²) in [6.45, 7) is 4.91. The number of urea groups is 1. The molecule has 3 aliphatic heterocycles.